The second-order valence-electron chi connectivity index (χ2n) is 4.01. The molecule has 0 aliphatic carbocycles. The van der Waals surface area contributed by atoms with Gasteiger partial charge in [-0.1, -0.05) is 11.6 Å². The van der Waals surface area contributed by atoms with Gasteiger partial charge in [0, 0.05) is 5.02 Å². The van der Waals surface area contributed by atoms with Crippen LogP contribution in [0.3, 0.4) is 0 Å². The van der Waals surface area contributed by atoms with Gasteiger partial charge in [0.15, 0.2) is 6.61 Å². The Morgan fingerprint density at radius 1 is 1.33 bits per heavy atom. The molecule has 8 heteroatoms. The number of ether oxygens (including phenoxy) is 1. The molecule has 0 spiro atoms. The number of amides is 1. The van der Waals surface area contributed by atoms with Crippen LogP contribution in [0.1, 0.15) is 10.4 Å². The molecule has 0 radical (unpaired) electrons. The summed E-state index contributed by atoms with van der Waals surface area (Å²) in [5.41, 5.74) is 0.259. The van der Waals surface area contributed by atoms with Crippen LogP contribution in [0.15, 0.2) is 41.2 Å². The number of furan rings is 1. The van der Waals surface area contributed by atoms with Gasteiger partial charge >= 0.3 is 6.18 Å². The smallest absolute Gasteiger partial charge is 0.422 e. The van der Waals surface area contributed by atoms with Gasteiger partial charge in [-0.3, -0.25) is 4.79 Å². The predicted octanol–water partition coefficient (Wildman–Crippen LogP) is 4.13. The van der Waals surface area contributed by atoms with Gasteiger partial charge in [0.05, 0.1) is 17.5 Å². The van der Waals surface area contributed by atoms with Gasteiger partial charge in [-0.05, 0) is 24.3 Å². The van der Waals surface area contributed by atoms with Crippen molar-refractivity contribution in [3.8, 4) is 5.75 Å². The van der Waals surface area contributed by atoms with E-state index < -0.39 is 18.7 Å². The number of halogens is 4. The summed E-state index contributed by atoms with van der Waals surface area (Å²) in [6, 6.07) is 5.32. The van der Waals surface area contributed by atoms with E-state index in [4.69, 9.17) is 16.0 Å². The van der Waals surface area contributed by atoms with Gasteiger partial charge in [0.25, 0.3) is 5.91 Å². The van der Waals surface area contributed by atoms with E-state index in [1.807, 2.05) is 0 Å². The topological polar surface area (TPSA) is 51.5 Å². The van der Waals surface area contributed by atoms with Crippen molar-refractivity contribution in [3.05, 3.63) is 47.4 Å². The summed E-state index contributed by atoms with van der Waals surface area (Å²) >= 11 is 5.77. The van der Waals surface area contributed by atoms with Crippen molar-refractivity contribution >= 4 is 23.2 Å². The fourth-order valence-corrected chi connectivity index (χ4v) is 1.65. The molecule has 1 heterocycles. The highest BCUT2D eigenvalue weighted by Gasteiger charge is 2.29. The highest BCUT2D eigenvalue weighted by molar-refractivity contribution is 6.31. The molecular formula is C13H9ClF3NO3. The summed E-state index contributed by atoms with van der Waals surface area (Å²) in [7, 11) is 0. The maximum absolute atomic E-state index is 12.2. The van der Waals surface area contributed by atoms with Crippen LogP contribution in [-0.2, 0) is 0 Å². The van der Waals surface area contributed by atoms with Gasteiger partial charge in [-0.15, -0.1) is 0 Å². The van der Waals surface area contributed by atoms with E-state index in [1.165, 1.54) is 36.8 Å². The van der Waals surface area contributed by atoms with Gasteiger partial charge < -0.3 is 14.5 Å². The van der Waals surface area contributed by atoms with E-state index in [0.717, 1.165) is 0 Å². The fourth-order valence-electron chi connectivity index (χ4n) is 1.47. The molecule has 4 nitrogen and oxygen atoms in total. The van der Waals surface area contributed by atoms with Crippen LogP contribution in [-0.4, -0.2) is 18.7 Å². The molecule has 0 bridgehead atoms. The van der Waals surface area contributed by atoms with Crippen LogP contribution in [0.25, 0.3) is 0 Å². The largest absolute Gasteiger partial charge is 0.482 e. The van der Waals surface area contributed by atoms with Crippen molar-refractivity contribution in [2.24, 2.45) is 0 Å². The first-order valence-corrected chi connectivity index (χ1v) is 6.05. The molecule has 1 N–H and O–H groups in total. The van der Waals surface area contributed by atoms with E-state index in [0.29, 0.717) is 0 Å². The molecule has 0 aliphatic rings. The summed E-state index contributed by atoms with van der Waals surface area (Å²) in [5.74, 6) is -0.684. The number of anilines is 1. The standard InChI is InChI=1S/C13H9ClF3NO3/c14-9-1-2-11(21-7-13(15,16)17)10(5-9)18-12(19)8-3-4-20-6-8/h1-6H,7H2,(H,18,19). The molecule has 1 aromatic carbocycles. The molecule has 1 amide bonds. The normalized spacial score (nSPS) is 11.2. The zero-order valence-electron chi connectivity index (χ0n) is 10.4. The van der Waals surface area contributed by atoms with E-state index in [2.05, 4.69) is 10.1 Å². The second kappa shape index (κ2) is 6.09. The first kappa shape index (κ1) is 15.2. The highest BCUT2D eigenvalue weighted by Crippen LogP contribution is 2.30. The van der Waals surface area contributed by atoms with Crippen molar-refractivity contribution in [2.75, 3.05) is 11.9 Å². The van der Waals surface area contributed by atoms with Crippen molar-refractivity contribution in [1.29, 1.82) is 0 Å². The lowest BCUT2D eigenvalue weighted by Crippen LogP contribution is -2.20. The van der Waals surface area contributed by atoms with Crippen LogP contribution in [0, 0.1) is 0 Å². The van der Waals surface area contributed by atoms with Gasteiger partial charge in [0.2, 0.25) is 0 Å². The number of benzene rings is 1. The van der Waals surface area contributed by atoms with Crippen molar-refractivity contribution < 1.29 is 27.1 Å². The Morgan fingerprint density at radius 2 is 2.10 bits per heavy atom. The minimum absolute atomic E-state index is 0.0398. The summed E-state index contributed by atoms with van der Waals surface area (Å²) in [4.78, 5) is 11.8. The minimum atomic E-state index is -4.48. The maximum Gasteiger partial charge on any atom is 0.422 e. The van der Waals surface area contributed by atoms with Gasteiger partial charge in [-0.2, -0.15) is 13.2 Å². The first-order valence-electron chi connectivity index (χ1n) is 5.68. The molecule has 1 aromatic heterocycles. The summed E-state index contributed by atoms with van der Waals surface area (Å²) in [6.07, 6.45) is -1.98. The molecule has 0 saturated heterocycles. The lowest BCUT2D eigenvalue weighted by molar-refractivity contribution is -0.153. The molecule has 0 unspecified atom stereocenters. The molecule has 0 saturated carbocycles. The van der Waals surface area contributed by atoms with E-state index in [1.54, 1.807) is 0 Å². The molecule has 0 aliphatic heterocycles. The Morgan fingerprint density at radius 3 is 2.71 bits per heavy atom. The number of carbonyl (C=O) groups excluding carboxylic acids is 1. The molecule has 0 atom stereocenters. The number of alkyl halides is 3. The van der Waals surface area contributed by atoms with E-state index in [9.17, 15) is 18.0 Å². The number of rotatable bonds is 4. The van der Waals surface area contributed by atoms with Crippen molar-refractivity contribution in [3.63, 3.8) is 0 Å². The third-order valence-corrected chi connectivity index (χ3v) is 2.60. The predicted molar refractivity (Wildman–Crippen MR) is 69.7 cm³/mol. The highest BCUT2D eigenvalue weighted by atomic mass is 35.5. The average molecular weight is 320 g/mol. The Bertz CT molecular complexity index is 626. The van der Waals surface area contributed by atoms with E-state index >= 15 is 0 Å². The Hall–Kier alpha value is -2.15. The Balaban J connectivity index is 2.17. The quantitative estimate of drug-likeness (QED) is 0.922. The summed E-state index contributed by atoms with van der Waals surface area (Å²) in [6.45, 7) is -1.47. The third-order valence-electron chi connectivity index (χ3n) is 2.36. The maximum atomic E-state index is 12.2. The van der Waals surface area contributed by atoms with Crippen LogP contribution < -0.4 is 10.1 Å². The zero-order valence-corrected chi connectivity index (χ0v) is 11.2. The minimum Gasteiger partial charge on any atom is -0.482 e. The lowest BCUT2D eigenvalue weighted by Gasteiger charge is -2.14. The van der Waals surface area contributed by atoms with Crippen LogP contribution in [0.4, 0.5) is 18.9 Å². The number of nitrogens with one attached hydrogen (secondary N) is 1. The van der Waals surface area contributed by atoms with Crippen molar-refractivity contribution in [1.82, 2.24) is 0 Å². The average Bonchev–Trinajstić information content (AvgIpc) is 2.90. The molecule has 112 valence electrons. The summed E-state index contributed by atoms with van der Waals surface area (Å²) in [5, 5.41) is 2.66. The summed E-state index contributed by atoms with van der Waals surface area (Å²) < 4.78 is 46.0. The number of hydrogen-bond acceptors (Lipinski definition) is 3. The van der Waals surface area contributed by atoms with Crippen molar-refractivity contribution in [2.45, 2.75) is 6.18 Å². The van der Waals surface area contributed by atoms with Gasteiger partial charge in [-0.25, -0.2) is 0 Å². The fraction of sp³-hybridized carbons (Fsp3) is 0.154. The van der Waals surface area contributed by atoms with Crippen LogP contribution in [0.2, 0.25) is 5.02 Å². The Labute approximate surface area is 122 Å². The molecule has 21 heavy (non-hydrogen) atoms. The monoisotopic (exact) mass is 319 g/mol. The molecule has 2 rings (SSSR count). The molecule has 0 fully saturated rings. The molecule has 2 aromatic rings. The third kappa shape index (κ3) is 4.42. The lowest BCUT2D eigenvalue weighted by atomic mass is 10.2. The first-order chi connectivity index (χ1) is 9.85. The Kier molecular flexibility index (Phi) is 4.42. The second-order valence-corrected chi connectivity index (χ2v) is 4.45. The van der Waals surface area contributed by atoms with E-state index in [-0.39, 0.29) is 22.0 Å². The molecular weight excluding hydrogens is 311 g/mol. The number of carbonyl (C=O) groups is 1. The van der Waals surface area contributed by atoms with Crippen LogP contribution >= 0.6 is 11.6 Å². The van der Waals surface area contributed by atoms with Gasteiger partial charge in [0.1, 0.15) is 12.0 Å². The van der Waals surface area contributed by atoms with Crippen LogP contribution in [0.5, 0.6) is 5.75 Å². The number of hydrogen-bond donors (Lipinski definition) is 1. The SMILES string of the molecule is O=C(Nc1cc(Cl)ccc1OCC(F)(F)F)c1ccoc1. The zero-order chi connectivity index (χ0) is 15.5.